The quantitative estimate of drug-likeness (QED) is 0.294. The van der Waals surface area contributed by atoms with Gasteiger partial charge in [-0.1, -0.05) is 55.8 Å². The Morgan fingerprint density at radius 3 is 2.37 bits per heavy atom. The molecule has 4 N–H and O–H groups in total. The summed E-state index contributed by atoms with van der Waals surface area (Å²) in [4.78, 5) is 102. The number of nitrogens with one attached hydrogen (secondary N) is 4. The predicted molar refractivity (Wildman–Crippen MR) is 211 cm³/mol. The zero-order valence-electron chi connectivity index (χ0n) is 33.3. The minimum absolute atomic E-state index is 0.0790. The lowest BCUT2D eigenvalue weighted by Gasteiger charge is -2.38. The molecule has 4 heterocycles. The van der Waals surface area contributed by atoms with Gasteiger partial charge in [0, 0.05) is 38.2 Å². The first-order chi connectivity index (χ1) is 27.3. The van der Waals surface area contributed by atoms with E-state index in [0.29, 0.717) is 50.6 Å². The van der Waals surface area contributed by atoms with Crippen LogP contribution in [0.1, 0.15) is 76.0 Å². The van der Waals surface area contributed by atoms with Gasteiger partial charge < -0.3 is 40.7 Å². The van der Waals surface area contributed by atoms with Crippen LogP contribution in [-0.2, 0) is 46.3 Å². The number of aryl methyl sites for hydroxylation is 2. The molecule has 4 saturated heterocycles. The summed E-state index contributed by atoms with van der Waals surface area (Å²) in [5, 5.41) is 11.2. The number of piperidine rings is 1. The van der Waals surface area contributed by atoms with Crippen LogP contribution >= 0.6 is 0 Å². The number of carbonyl (C=O) groups excluding carboxylic acids is 7. The van der Waals surface area contributed by atoms with Crippen molar-refractivity contribution in [3.05, 3.63) is 65.2 Å². The van der Waals surface area contributed by atoms with Gasteiger partial charge in [-0.15, -0.1) is 0 Å². The van der Waals surface area contributed by atoms with E-state index in [-0.39, 0.29) is 37.8 Å². The molecule has 7 amide bonds. The Morgan fingerprint density at radius 2 is 1.65 bits per heavy atom. The Kier molecular flexibility index (Phi) is 13.0. The number of amides is 7. The minimum Gasteiger partial charge on any atom is -0.346 e. The Labute approximate surface area is 333 Å². The molecule has 0 radical (unpaired) electrons. The molecule has 1 unspecified atom stereocenters. The van der Waals surface area contributed by atoms with Crippen LogP contribution < -0.4 is 21.3 Å². The average molecular weight is 786 g/mol. The van der Waals surface area contributed by atoms with E-state index in [9.17, 15) is 33.6 Å². The van der Waals surface area contributed by atoms with Gasteiger partial charge in [0.1, 0.15) is 30.2 Å². The topological polar surface area (TPSA) is 187 Å². The highest BCUT2D eigenvalue weighted by molar-refractivity contribution is 5.98. The number of fused-ring (bicyclic) bond motifs is 3. The van der Waals surface area contributed by atoms with Crippen LogP contribution in [0.4, 0.5) is 10.5 Å². The van der Waals surface area contributed by atoms with Gasteiger partial charge in [-0.3, -0.25) is 28.8 Å². The van der Waals surface area contributed by atoms with Crippen LogP contribution in [0.15, 0.2) is 48.5 Å². The van der Waals surface area contributed by atoms with Crippen molar-refractivity contribution in [3.8, 4) is 0 Å². The second-order valence-electron chi connectivity index (χ2n) is 16.0. The monoisotopic (exact) mass is 785 g/mol. The molecule has 6 rings (SSSR count). The maximum absolute atomic E-state index is 14.7. The maximum atomic E-state index is 14.7. The van der Waals surface area contributed by atoms with Crippen molar-refractivity contribution in [1.82, 2.24) is 30.7 Å². The summed E-state index contributed by atoms with van der Waals surface area (Å²) in [6.45, 7) is 7.52. The Morgan fingerprint density at radius 1 is 0.930 bits per heavy atom. The third-order valence-electron chi connectivity index (χ3n) is 11.6. The van der Waals surface area contributed by atoms with Crippen molar-refractivity contribution < 1.29 is 38.3 Å². The molecule has 306 valence electrons. The third kappa shape index (κ3) is 9.30. The van der Waals surface area contributed by atoms with Crippen molar-refractivity contribution in [2.75, 3.05) is 31.6 Å². The largest absolute Gasteiger partial charge is 0.346 e. The zero-order chi connectivity index (χ0) is 40.9. The minimum atomic E-state index is -1.79. The second-order valence-corrected chi connectivity index (χ2v) is 16.0. The number of anilines is 1. The molecule has 0 saturated carbocycles. The fourth-order valence-electron chi connectivity index (χ4n) is 8.56. The Hall–Kier alpha value is -5.31. The lowest BCUT2D eigenvalue weighted by Crippen LogP contribution is -2.61. The number of rotatable bonds is 8. The number of aldehydes is 1. The number of urea groups is 1. The maximum Gasteiger partial charge on any atom is 0.319 e. The molecule has 4 aliphatic heterocycles. The third-order valence-corrected chi connectivity index (χ3v) is 11.6. The van der Waals surface area contributed by atoms with Crippen molar-refractivity contribution in [2.24, 2.45) is 5.92 Å². The van der Waals surface area contributed by atoms with Gasteiger partial charge in [0.2, 0.25) is 29.5 Å². The van der Waals surface area contributed by atoms with E-state index in [1.54, 1.807) is 12.1 Å². The molecule has 0 aromatic heterocycles. The normalized spacial score (nSPS) is 27.6. The first-order valence-corrected chi connectivity index (χ1v) is 20.2. The van der Waals surface area contributed by atoms with E-state index in [0.717, 1.165) is 23.1 Å². The van der Waals surface area contributed by atoms with Gasteiger partial charge in [0.15, 0.2) is 12.0 Å². The van der Waals surface area contributed by atoms with E-state index in [1.807, 2.05) is 57.2 Å². The summed E-state index contributed by atoms with van der Waals surface area (Å²) in [6.07, 6.45) is 4.22. The molecule has 57 heavy (non-hydrogen) atoms. The molecule has 2 aromatic carbocycles. The smallest absolute Gasteiger partial charge is 0.319 e. The summed E-state index contributed by atoms with van der Waals surface area (Å²) >= 11 is 0. The molecule has 0 bridgehead atoms. The van der Waals surface area contributed by atoms with E-state index < -0.39 is 72.2 Å². The SMILES string of the molecule is CCc1ccc(NC(=O)N[C@@H](Cc2cccc(C)c2)C(=O)N[C@H]2COC3(C=O)C[C@@H](C)CN3C(=O)[C@H](C)NC(=O)[C@@H]3CCCCN3C(=O)[C@@H]3CCCN3C2=O)cc1. The molecule has 15 nitrogen and oxygen atoms in total. The van der Waals surface area contributed by atoms with Crippen LogP contribution in [0, 0.1) is 12.8 Å². The lowest BCUT2D eigenvalue weighted by atomic mass is 9.99. The molecule has 0 aliphatic carbocycles. The van der Waals surface area contributed by atoms with E-state index >= 15 is 0 Å². The summed E-state index contributed by atoms with van der Waals surface area (Å²) in [5.74, 6) is -2.87. The first-order valence-electron chi connectivity index (χ1n) is 20.2. The number of hydrogen-bond donors (Lipinski definition) is 4. The van der Waals surface area contributed by atoms with Crippen LogP contribution in [-0.4, -0.2) is 119 Å². The van der Waals surface area contributed by atoms with Crippen molar-refractivity contribution in [3.63, 3.8) is 0 Å². The zero-order valence-corrected chi connectivity index (χ0v) is 33.3. The molecular weight excluding hydrogens is 731 g/mol. The fraction of sp³-hybridized carbons (Fsp3) is 0.548. The highest BCUT2D eigenvalue weighted by atomic mass is 16.5. The summed E-state index contributed by atoms with van der Waals surface area (Å²) < 4.78 is 6.31. The number of hydrogen-bond acceptors (Lipinski definition) is 8. The molecule has 7 atom stereocenters. The van der Waals surface area contributed by atoms with Crippen LogP contribution in [0.2, 0.25) is 0 Å². The highest BCUT2D eigenvalue weighted by Gasteiger charge is 2.51. The van der Waals surface area contributed by atoms with Crippen molar-refractivity contribution >= 4 is 47.5 Å². The molecular formula is C42H55N7O8. The summed E-state index contributed by atoms with van der Waals surface area (Å²) in [6, 6.07) is 8.85. The van der Waals surface area contributed by atoms with Gasteiger partial charge in [-0.05, 0) is 81.5 Å². The van der Waals surface area contributed by atoms with Crippen LogP contribution in [0.3, 0.4) is 0 Å². The fourth-order valence-corrected chi connectivity index (χ4v) is 8.56. The number of benzene rings is 2. The van der Waals surface area contributed by atoms with Crippen molar-refractivity contribution in [1.29, 1.82) is 0 Å². The highest BCUT2D eigenvalue weighted by Crippen LogP contribution is 2.34. The van der Waals surface area contributed by atoms with Gasteiger partial charge in [-0.25, -0.2) is 4.79 Å². The lowest BCUT2D eigenvalue weighted by molar-refractivity contribution is -0.174. The van der Waals surface area contributed by atoms with Crippen LogP contribution in [0.25, 0.3) is 0 Å². The number of ether oxygens (including phenoxy) is 1. The molecule has 4 aliphatic rings. The van der Waals surface area contributed by atoms with E-state index in [1.165, 1.54) is 21.6 Å². The number of nitrogens with zero attached hydrogens (tertiary/aromatic N) is 3. The molecule has 0 spiro atoms. The average Bonchev–Trinajstić information content (AvgIpc) is 3.83. The molecule has 2 aromatic rings. The van der Waals surface area contributed by atoms with E-state index in [2.05, 4.69) is 21.3 Å². The number of carbonyl (C=O) groups is 7. The van der Waals surface area contributed by atoms with Crippen molar-refractivity contribution in [2.45, 2.75) is 115 Å². The van der Waals surface area contributed by atoms with Crippen LogP contribution in [0.5, 0.6) is 0 Å². The first kappa shape index (κ1) is 41.3. The van der Waals surface area contributed by atoms with Gasteiger partial charge >= 0.3 is 6.03 Å². The van der Waals surface area contributed by atoms with Gasteiger partial charge in [0.25, 0.3) is 0 Å². The Balaban J connectivity index is 1.33. The molecule has 15 heteroatoms. The van der Waals surface area contributed by atoms with Gasteiger partial charge in [-0.2, -0.15) is 0 Å². The van der Waals surface area contributed by atoms with E-state index in [4.69, 9.17) is 4.74 Å². The van der Waals surface area contributed by atoms with Gasteiger partial charge in [0.05, 0.1) is 6.61 Å². The summed E-state index contributed by atoms with van der Waals surface area (Å²) in [5.41, 5.74) is 1.55. The summed E-state index contributed by atoms with van der Waals surface area (Å²) in [7, 11) is 0. The Bertz CT molecular complexity index is 1860. The second kappa shape index (κ2) is 17.9. The predicted octanol–water partition coefficient (Wildman–Crippen LogP) is 2.45. The standard InChI is InChI=1S/C42H55N7O8/c1-5-29-14-16-31(17-15-29)44-41(56)46-32(21-30-11-8-10-26(2)20-30)36(51)45-33-24-57-42(25-50)22-27(3)23-49(42)38(53)28(4)43-37(52)34-12-6-7-18-47(34)40(55)35-13-9-19-48(35)39(33)54/h8,10-11,14-17,20,25,27-28,32-35H,5-7,9,12-13,18-19,21-24H2,1-4H3,(H,43,52)(H,45,51)(H2,44,46,56)/t27-,28+,32+,33+,34+,35+,42?/m1/s1. The molecule has 4 fully saturated rings.